The molecule has 1 heteroatoms. The van der Waals surface area contributed by atoms with E-state index in [-0.39, 0.29) is 0 Å². The number of aryl methyl sites for hydroxylation is 1. The summed E-state index contributed by atoms with van der Waals surface area (Å²) in [6.45, 7) is 4.69. The van der Waals surface area contributed by atoms with Crippen LogP contribution in [0, 0.1) is 5.92 Å². The van der Waals surface area contributed by atoms with Crippen LogP contribution < -0.4 is 0 Å². The van der Waals surface area contributed by atoms with Gasteiger partial charge in [-0.25, -0.2) is 0 Å². The summed E-state index contributed by atoms with van der Waals surface area (Å²) in [4.78, 5) is 3.33. The molecule has 16 heavy (non-hydrogen) atoms. The van der Waals surface area contributed by atoms with E-state index in [1.807, 2.05) is 6.20 Å². The molecule has 3 rings (SSSR count). The first-order valence-electron chi connectivity index (χ1n) is 6.35. The normalized spacial score (nSPS) is 20.3. The average Bonchev–Trinajstić information content (AvgIpc) is 2.71. The van der Waals surface area contributed by atoms with Crippen molar-refractivity contribution >= 4 is 10.9 Å². The predicted molar refractivity (Wildman–Crippen MR) is 68.8 cm³/mol. The van der Waals surface area contributed by atoms with E-state index in [4.69, 9.17) is 0 Å². The minimum Gasteiger partial charge on any atom is -0.361 e. The maximum Gasteiger partial charge on any atom is 0.0456 e. The molecule has 0 radical (unpaired) electrons. The number of benzene rings is 1. The lowest BCUT2D eigenvalue weighted by molar-refractivity contribution is 0.434. The van der Waals surface area contributed by atoms with Crippen LogP contribution in [0.15, 0.2) is 24.4 Å². The molecule has 0 fully saturated rings. The van der Waals surface area contributed by atoms with E-state index in [0.29, 0.717) is 0 Å². The summed E-state index contributed by atoms with van der Waals surface area (Å²) in [5, 5.41) is 1.36. The average molecular weight is 213 g/mol. The Morgan fingerprint density at radius 3 is 3.00 bits per heavy atom. The van der Waals surface area contributed by atoms with Crippen molar-refractivity contribution < 1.29 is 0 Å². The number of hydrogen-bond acceptors (Lipinski definition) is 0. The standard InChI is InChI=1S/C15H19N/c1-10(2)13-5-3-4-11-8-12-6-7-16-15(12)9-14(11)13/h6-10,13,16H,3-5H2,1-2H3. The monoisotopic (exact) mass is 213 g/mol. The molecule has 1 nitrogen and oxygen atoms in total. The van der Waals surface area contributed by atoms with Gasteiger partial charge in [-0.3, -0.25) is 0 Å². The van der Waals surface area contributed by atoms with Crippen molar-refractivity contribution in [3.05, 3.63) is 35.5 Å². The molecule has 1 heterocycles. The fraction of sp³-hybridized carbons (Fsp3) is 0.467. The number of fused-ring (bicyclic) bond motifs is 2. The van der Waals surface area contributed by atoms with Gasteiger partial charge in [0.1, 0.15) is 0 Å². The lowest BCUT2D eigenvalue weighted by Crippen LogP contribution is -2.14. The van der Waals surface area contributed by atoms with Crippen molar-refractivity contribution in [3.8, 4) is 0 Å². The molecule has 2 aromatic rings. The van der Waals surface area contributed by atoms with Gasteiger partial charge in [0.25, 0.3) is 0 Å². The molecule has 1 aromatic carbocycles. The Bertz CT molecular complexity index is 507. The van der Waals surface area contributed by atoms with E-state index in [0.717, 1.165) is 11.8 Å². The van der Waals surface area contributed by atoms with E-state index in [1.54, 1.807) is 11.1 Å². The van der Waals surface area contributed by atoms with Crippen LogP contribution in [0.3, 0.4) is 0 Å². The van der Waals surface area contributed by atoms with Crippen LogP contribution in [-0.2, 0) is 6.42 Å². The van der Waals surface area contributed by atoms with Crippen molar-refractivity contribution in [3.63, 3.8) is 0 Å². The zero-order valence-electron chi connectivity index (χ0n) is 10.1. The van der Waals surface area contributed by atoms with E-state index in [1.165, 1.54) is 30.2 Å². The second kappa shape index (κ2) is 3.65. The van der Waals surface area contributed by atoms with Gasteiger partial charge < -0.3 is 4.98 Å². The Morgan fingerprint density at radius 2 is 2.19 bits per heavy atom. The van der Waals surface area contributed by atoms with E-state index in [9.17, 15) is 0 Å². The molecule has 0 saturated carbocycles. The number of hydrogen-bond donors (Lipinski definition) is 1. The number of aromatic amines is 1. The fourth-order valence-corrected chi connectivity index (χ4v) is 3.09. The van der Waals surface area contributed by atoms with Crippen LogP contribution >= 0.6 is 0 Å². The van der Waals surface area contributed by atoms with Gasteiger partial charge in [0.05, 0.1) is 0 Å². The SMILES string of the molecule is CC(C)C1CCCc2cc3cc[nH]c3cc21. The summed E-state index contributed by atoms with van der Waals surface area (Å²) in [7, 11) is 0. The smallest absolute Gasteiger partial charge is 0.0456 e. The van der Waals surface area contributed by atoms with Gasteiger partial charge in [0.15, 0.2) is 0 Å². The molecule has 1 aliphatic rings. The van der Waals surface area contributed by atoms with Crippen LogP contribution in [0.25, 0.3) is 10.9 Å². The Morgan fingerprint density at radius 1 is 1.31 bits per heavy atom. The van der Waals surface area contributed by atoms with Crippen molar-refractivity contribution in [2.24, 2.45) is 5.92 Å². The van der Waals surface area contributed by atoms with Crippen molar-refractivity contribution in [1.82, 2.24) is 4.98 Å². The molecular formula is C15H19N. The van der Waals surface area contributed by atoms with Crippen LogP contribution in [0.1, 0.15) is 43.7 Å². The molecule has 0 bridgehead atoms. The molecule has 0 spiro atoms. The molecular weight excluding hydrogens is 194 g/mol. The zero-order chi connectivity index (χ0) is 11.1. The molecule has 1 aliphatic carbocycles. The first kappa shape index (κ1) is 9.95. The molecule has 84 valence electrons. The second-order valence-corrected chi connectivity index (χ2v) is 5.36. The van der Waals surface area contributed by atoms with Gasteiger partial charge >= 0.3 is 0 Å². The van der Waals surface area contributed by atoms with E-state index < -0.39 is 0 Å². The lowest BCUT2D eigenvalue weighted by atomic mass is 9.77. The summed E-state index contributed by atoms with van der Waals surface area (Å²) in [6, 6.07) is 6.94. The van der Waals surface area contributed by atoms with Gasteiger partial charge in [0, 0.05) is 11.7 Å². The summed E-state index contributed by atoms with van der Waals surface area (Å²) in [5.41, 5.74) is 4.47. The quantitative estimate of drug-likeness (QED) is 0.729. The highest BCUT2D eigenvalue weighted by Crippen LogP contribution is 2.38. The van der Waals surface area contributed by atoms with Crippen LogP contribution in [0.4, 0.5) is 0 Å². The maximum absolute atomic E-state index is 3.33. The lowest BCUT2D eigenvalue weighted by Gasteiger charge is -2.28. The highest BCUT2D eigenvalue weighted by atomic mass is 14.7. The summed E-state index contributed by atoms with van der Waals surface area (Å²) in [5.74, 6) is 1.52. The zero-order valence-corrected chi connectivity index (χ0v) is 10.1. The van der Waals surface area contributed by atoms with E-state index >= 15 is 0 Å². The van der Waals surface area contributed by atoms with Gasteiger partial charge in [-0.15, -0.1) is 0 Å². The van der Waals surface area contributed by atoms with E-state index in [2.05, 4.69) is 37.0 Å². The van der Waals surface area contributed by atoms with Crippen LogP contribution in [-0.4, -0.2) is 4.98 Å². The van der Waals surface area contributed by atoms with Crippen molar-refractivity contribution in [2.45, 2.75) is 39.0 Å². The predicted octanol–water partition coefficient (Wildman–Crippen LogP) is 4.24. The number of H-pyrrole nitrogens is 1. The van der Waals surface area contributed by atoms with Crippen molar-refractivity contribution in [2.75, 3.05) is 0 Å². The molecule has 0 aliphatic heterocycles. The van der Waals surface area contributed by atoms with Crippen LogP contribution in [0.5, 0.6) is 0 Å². The molecule has 1 aromatic heterocycles. The van der Waals surface area contributed by atoms with Gasteiger partial charge in [-0.2, -0.15) is 0 Å². The molecule has 0 saturated heterocycles. The summed E-state index contributed by atoms with van der Waals surface area (Å²) < 4.78 is 0. The fourth-order valence-electron chi connectivity index (χ4n) is 3.09. The molecule has 0 amide bonds. The first-order valence-corrected chi connectivity index (χ1v) is 6.35. The Kier molecular flexibility index (Phi) is 2.27. The summed E-state index contributed by atoms with van der Waals surface area (Å²) in [6.07, 6.45) is 6.02. The molecule has 1 unspecified atom stereocenters. The topological polar surface area (TPSA) is 15.8 Å². The minimum atomic E-state index is 0.756. The van der Waals surface area contributed by atoms with Gasteiger partial charge in [-0.1, -0.05) is 13.8 Å². The van der Waals surface area contributed by atoms with Gasteiger partial charge in [0.2, 0.25) is 0 Å². The highest BCUT2D eigenvalue weighted by Gasteiger charge is 2.23. The third-order valence-electron chi connectivity index (χ3n) is 3.98. The number of nitrogens with one attached hydrogen (secondary N) is 1. The third-order valence-corrected chi connectivity index (χ3v) is 3.98. The van der Waals surface area contributed by atoms with Gasteiger partial charge in [-0.05, 0) is 65.8 Å². The third kappa shape index (κ3) is 1.46. The number of rotatable bonds is 1. The summed E-state index contributed by atoms with van der Waals surface area (Å²) >= 11 is 0. The molecule has 1 atom stereocenters. The Balaban J connectivity index is 2.17. The molecule has 1 N–H and O–H groups in total. The minimum absolute atomic E-state index is 0.756. The van der Waals surface area contributed by atoms with Crippen LogP contribution in [0.2, 0.25) is 0 Å². The second-order valence-electron chi connectivity index (χ2n) is 5.36. The largest absolute Gasteiger partial charge is 0.361 e. The maximum atomic E-state index is 3.33. The Hall–Kier alpha value is -1.24. The first-order chi connectivity index (χ1) is 7.75. The Labute approximate surface area is 96.9 Å². The highest BCUT2D eigenvalue weighted by molar-refractivity contribution is 5.81. The van der Waals surface area contributed by atoms with Crippen molar-refractivity contribution in [1.29, 1.82) is 0 Å². The number of aromatic nitrogens is 1.